The molecule has 0 unspecified atom stereocenters. The largest absolute Gasteiger partial charge is 0.376 e. The number of hydrogen-bond acceptors (Lipinski definition) is 7. The summed E-state index contributed by atoms with van der Waals surface area (Å²) in [6.45, 7) is 5.99. The van der Waals surface area contributed by atoms with Gasteiger partial charge in [0.25, 0.3) is 11.8 Å². The lowest BCUT2D eigenvalue weighted by Gasteiger charge is -2.24. The van der Waals surface area contributed by atoms with Crippen LogP contribution in [0.3, 0.4) is 0 Å². The Balaban J connectivity index is 1.63. The molecule has 0 saturated carbocycles. The van der Waals surface area contributed by atoms with Crippen LogP contribution in [0.5, 0.6) is 0 Å². The maximum atomic E-state index is 12.0. The third-order valence-electron chi connectivity index (χ3n) is 6.09. The van der Waals surface area contributed by atoms with Gasteiger partial charge in [-0.25, -0.2) is 4.98 Å². The molecule has 0 radical (unpaired) electrons. The number of nitrogens with zero attached hydrogens (tertiary/aromatic N) is 5. The van der Waals surface area contributed by atoms with Gasteiger partial charge in [-0.3, -0.25) is 4.79 Å². The number of anilines is 2. The van der Waals surface area contributed by atoms with Crippen LogP contribution in [0, 0.1) is 5.92 Å². The van der Waals surface area contributed by atoms with E-state index in [1.165, 1.54) is 0 Å². The second-order valence-electron chi connectivity index (χ2n) is 9.23. The van der Waals surface area contributed by atoms with Crippen molar-refractivity contribution in [2.24, 2.45) is 13.0 Å². The molecular formula is C27H33N7O2. The van der Waals surface area contributed by atoms with Crippen molar-refractivity contribution in [2.45, 2.75) is 26.8 Å². The SMILES string of the molecule is CNC(=O)c1cccc(-c2nc(-c3ccc(N(C)CCC(C)C)c(NCc4nccn4C)c3)no2)c1. The highest BCUT2D eigenvalue weighted by Crippen LogP contribution is 2.32. The summed E-state index contributed by atoms with van der Waals surface area (Å²) in [6.07, 6.45) is 4.83. The maximum Gasteiger partial charge on any atom is 0.258 e. The number of carbonyl (C=O) groups excluding carboxylic acids is 1. The van der Waals surface area contributed by atoms with Crippen LogP contribution in [0.1, 0.15) is 36.5 Å². The summed E-state index contributed by atoms with van der Waals surface area (Å²) < 4.78 is 7.55. The van der Waals surface area contributed by atoms with Gasteiger partial charge in [-0.2, -0.15) is 4.98 Å². The summed E-state index contributed by atoms with van der Waals surface area (Å²) >= 11 is 0. The van der Waals surface area contributed by atoms with Gasteiger partial charge in [0.2, 0.25) is 5.82 Å². The summed E-state index contributed by atoms with van der Waals surface area (Å²) in [6, 6.07) is 13.2. The van der Waals surface area contributed by atoms with Crippen molar-refractivity contribution >= 4 is 17.3 Å². The number of nitrogens with one attached hydrogen (secondary N) is 2. The lowest BCUT2D eigenvalue weighted by Crippen LogP contribution is -2.21. The van der Waals surface area contributed by atoms with E-state index < -0.39 is 0 Å². The number of benzene rings is 2. The molecular weight excluding hydrogens is 454 g/mol. The second-order valence-corrected chi connectivity index (χ2v) is 9.23. The minimum Gasteiger partial charge on any atom is -0.376 e. The normalized spacial score (nSPS) is 11.1. The fraction of sp³-hybridized carbons (Fsp3) is 0.333. The molecule has 0 spiro atoms. The van der Waals surface area contributed by atoms with Crippen LogP contribution in [-0.4, -0.2) is 46.2 Å². The van der Waals surface area contributed by atoms with Gasteiger partial charge in [0.05, 0.1) is 17.9 Å². The molecule has 0 aliphatic rings. The summed E-state index contributed by atoms with van der Waals surface area (Å²) in [7, 11) is 5.69. The van der Waals surface area contributed by atoms with Crippen LogP contribution in [0.4, 0.5) is 11.4 Å². The summed E-state index contributed by atoms with van der Waals surface area (Å²) in [5.41, 5.74) is 4.11. The van der Waals surface area contributed by atoms with E-state index in [0.29, 0.717) is 35.3 Å². The van der Waals surface area contributed by atoms with Crippen LogP contribution in [-0.2, 0) is 13.6 Å². The van der Waals surface area contributed by atoms with Crippen molar-refractivity contribution in [3.63, 3.8) is 0 Å². The van der Waals surface area contributed by atoms with E-state index in [4.69, 9.17) is 4.52 Å². The minimum atomic E-state index is -0.169. The number of carbonyl (C=O) groups is 1. The van der Waals surface area contributed by atoms with Gasteiger partial charge in [-0.1, -0.05) is 25.1 Å². The Hall–Kier alpha value is -4.14. The molecule has 0 saturated heterocycles. The van der Waals surface area contributed by atoms with Crippen LogP contribution >= 0.6 is 0 Å². The molecule has 2 heterocycles. The number of amides is 1. The Morgan fingerprint density at radius 1 is 1.17 bits per heavy atom. The van der Waals surface area contributed by atoms with Crippen molar-refractivity contribution < 1.29 is 9.32 Å². The maximum absolute atomic E-state index is 12.0. The van der Waals surface area contributed by atoms with Crippen molar-refractivity contribution in [2.75, 3.05) is 30.9 Å². The zero-order valence-corrected chi connectivity index (χ0v) is 21.4. The van der Waals surface area contributed by atoms with Gasteiger partial charge in [0.1, 0.15) is 5.82 Å². The van der Waals surface area contributed by atoms with E-state index in [9.17, 15) is 4.79 Å². The zero-order valence-electron chi connectivity index (χ0n) is 21.4. The minimum absolute atomic E-state index is 0.169. The molecule has 0 bridgehead atoms. The number of aryl methyl sites for hydroxylation is 1. The third-order valence-corrected chi connectivity index (χ3v) is 6.09. The lowest BCUT2D eigenvalue weighted by molar-refractivity contribution is 0.0963. The average molecular weight is 488 g/mol. The molecule has 9 nitrogen and oxygen atoms in total. The summed E-state index contributed by atoms with van der Waals surface area (Å²) in [5, 5.41) is 10.4. The number of aromatic nitrogens is 4. The fourth-order valence-electron chi connectivity index (χ4n) is 3.86. The van der Waals surface area contributed by atoms with Crippen molar-refractivity contribution in [3.05, 3.63) is 66.2 Å². The quantitative estimate of drug-likeness (QED) is 0.337. The monoisotopic (exact) mass is 487 g/mol. The first-order valence-corrected chi connectivity index (χ1v) is 12.1. The summed E-state index contributed by atoms with van der Waals surface area (Å²) in [4.78, 5) is 23.3. The smallest absolute Gasteiger partial charge is 0.258 e. The topological polar surface area (TPSA) is 101 Å². The first kappa shape index (κ1) is 25.0. The number of imidazole rings is 1. The molecule has 0 aliphatic heterocycles. The van der Waals surface area contributed by atoms with Gasteiger partial charge in [0.15, 0.2) is 0 Å². The van der Waals surface area contributed by atoms with E-state index in [-0.39, 0.29) is 5.91 Å². The number of rotatable bonds is 10. The fourth-order valence-corrected chi connectivity index (χ4v) is 3.86. The Labute approximate surface area is 211 Å². The molecule has 0 fully saturated rings. The van der Waals surface area contributed by atoms with E-state index in [1.807, 2.05) is 36.0 Å². The van der Waals surface area contributed by atoms with Crippen LogP contribution < -0.4 is 15.5 Å². The molecule has 0 aliphatic carbocycles. The molecule has 4 aromatic rings. The molecule has 2 N–H and O–H groups in total. The van der Waals surface area contributed by atoms with Crippen molar-refractivity contribution in [3.8, 4) is 22.8 Å². The highest BCUT2D eigenvalue weighted by atomic mass is 16.5. The van der Waals surface area contributed by atoms with Crippen molar-refractivity contribution in [1.82, 2.24) is 25.0 Å². The Morgan fingerprint density at radius 3 is 2.72 bits per heavy atom. The summed E-state index contributed by atoms with van der Waals surface area (Å²) in [5.74, 6) is 2.23. The zero-order chi connectivity index (χ0) is 25.7. The van der Waals surface area contributed by atoms with Crippen LogP contribution in [0.15, 0.2) is 59.4 Å². The van der Waals surface area contributed by atoms with Crippen LogP contribution in [0.25, 0.3) is 22.8 Å². The standard InChI is InChI=1S/C27H33N7O2/c1-18(2)11-13-33(4)23-10-9-19(16-22(23)30-17-24-29-12-14-34(24)5)25-31-27(36-32-25)21-8-6-7-20(15-21)26(35)28-3/h6-10,12,14-16,18,30H,11,13,17H2,1-5H3,(H,28,35). The van der Waals surface area contributed by atoms with Gasteiger partial charge in [-0.15, -0.1) is 0 Å². The highest BCUT2D eigenvalue weighted by molar-refractivity contribution is 5.95. The van der Waals surface area contributed by atoms with Gasteiger partial charge >= 0.3 is 0 Å². The van der Waals surface area contributed by atoms with Gasteiger partial charge in [0, 0.05) is 56.8 Å². The molecule has 4 rings (SSSR count). The second kappa shape index (κ2) is 11.1. The molecule has 9 heteroatoms. The predicted octanol–water partition coefficient (Wildman–Crippen LogP) is 4.59. The molecule has 0 atom stereocenters. The Morgan fingerprint density at radius 2 is 2.00 bits per heavy atom. The average Bonchev–Trinajstić information content (AvgIpc) is 3.54. The van der Waals surface area contributed by atoms with Crippen molar-refractivity contribution in [1.29, 1.82) is 0 Å². The Kier molecular flexibility index (Phi) is 7.68. The van der Waals surface area contributed by atoms with E-state index >= 15 is 0 Å². The lowest BCUT2D eigenvalue weighted by atomic mass is 10.1. The molecule has 1 amide bonds. The molecule has 188 valence electrons. The van der Waals surface area contributed by atoms with Crippen LogP contribution in [0.2, 0.25) is 0 Å². The number of hydrogen-bond donors (Lipinski definition) is 2. The van der Waals surface area contributed by atoms with E-state index in [0.717, 1.165) is 35.7 Å². The molecule has 2 aromatic heterocycles. The molecule has 2 aromatic carbocycles. The molecule has 36 heavy (non-hydrogen) atoms. The Bertz CT molecular complexity index is 1330. The third kappa shape index (κ3) is 5.73. The van der Waals surface area contributed by atoms with Gasteiger partial charge < -0.3 is 24.6 Å². The predicted molar refractivity (Wildman–Crippen MR) is 142 cm³/mol. The van der Waals surface area contributed by atoms with E-state index in [1.54, 1.807) is 31.4 Å². The van der Waals surface area contributed by atoms with E-state index in [2.05, 4.69) is 57.6 Å². The first-order valence-electron chi connectivity index (χ1n) is 12.1. The highest BCUT2D eigenvalue weighted by Gasteiger charge is 2.16. The van der Waals surface area contributed by atoms with Gasteiger partial charge in [-0.05, 0) is 48.7 Å². The first-order chi connectivity index (χ1) is 17.4.